The summed E-state index contributed by atoms with van der Waals surface area (Å²) in [4.78, 5) is 0. The van der Waals surface area contributed by atoms with E-state index < -0.39 is 0 Å². The second-order valence-electron chi connectivity index (χ2n) is 4.84. The van der Waals surface area contributed by atoms with E-state index in [1.807, 2.05) is 0 Å². The zero-order valence-corrected chi connectivity index (χ0v) is 11.0. The van der Waals surface area contributed by atoms with Crippen LogP contribution in [0.3, 0.4) is 0 Å². The van der Waals surface area contributed by atoms with Crippen LogP contribution in [0, 0.1) is 0 Å². The first-order valence-corrected chi connectivity index (χ1v) is 7.31. The number of rotatable bonds is 3. The Labute approximate surface area is 107 Å². The van der Waals surface area contributed by atoms with Crippen molar-refractivity contribution in [2.45, 2.75) is 29.4 Å². The van der Waals surface area contributed by atoms with E-state index in [1.165, 1.54) is 24.0 Å². The van der Waals surface area contributed by atoms with E-state index in [2.05, 4.69) is 48.4 Å². The van der Waals surface area contributed by atoms with Gasteiger partial charge in [0, 0.05) is 11.3 Å². The van der Waals surface area contributed by atoms with Gasteiger partial charge in [-0.1, -0.05) is 24.3 Å². The molecule has 92 valence electrons. The summed E-state index contributed by atoms with van der Waals surface area (Å²) in [6.07, 6.45) is 2.50. The highest BCUT2D eigenvalue weighted by atomic mass is 32.2. The van der Waals surface area contributed by atoms with Crippen LogP contribution in [0.1, 0.15) is 23.6 Å². The Morgan fingerprint density at radius 2 is 2.12 bits per heavy atom. The molecule has 2 nitrogen and oxygen atoms in total. The third kappa shape index (κ3) is 2.24. The molecule has 17 heavy (non-hydrogen) atoms. The second kappa shape index (κ2) is 5.01. The summed E-state index contributed by atoms with van der Waals surface area (Å²) in [5.74, 6) is 0. The van der Waals surface area contributed by atoms with Gasteiger partial charge in [0.05, 0.1) is 18.5 Å². The fourth-order valence-electron chi connectivity index (χ4n) is 2.76. The molecule has 0 radical (unpaired) electrons. The van der Waals surface area contributed by atoms with E-state index >= 15 is 0 Å². The van der Waals surface area contributed by atoms with Crippen molar-refractivity contribution in [3.05, 3.63) is 35.4 Å². The molecule has 3 heteroatoms. The van der Waals surface area contributed by atoms with E-state index in [0.717, 1.165) is 18.5 Å². The van der Waals surface area contributed by atoms with Gasteiger partial charge in [0.2, 0.25) is 0 Å². The first-order valence-electron chi connectivity index (χ1n) is 6.37. The quantitative estimate of drug-likeness (QED) is 0.889. The van der Waals surface area contributed by atoms with Crippen LogP contribution < -0.4 is 5.32 Å². The molecular formula is C14H19NOS. The molecular weight excluding hydrogens is 230 g/mol. The fourth-order valence-corrected chi connectivity index (χ4v) is 4.30. The van der Waals surface area contributed by atoms with E-state index in [9.17, 15) is 0 Å². The molecule has 1 aliphatic heterocycles. The van der Waals surface area contributed by atoms with E-state index in [0.29, 0.717) is 11.3 Å². The van der Waals surface area contributed by atoms with Crippen LogP contribution in [0.4, 0.5) is 0 Å². The van der Waals surface area contributed by atoms with Crippen molar-refractivity contribution in [1.29, 1.82) is 0 Å². The fraction of sp³-hybridized carbons (Fsp3) is 0.571. The number of hydrogen-bond donors (Lipinski definition) is 1. The Bertz CT molecular complexity index is 392. The van der Waals surface area contributed by atoms with Crippen molar-refractivity contribution in [3.63, 3.8) is 0 Å². The van der Waals surface area contributed by atoms with Crippen molar-refractivity contribution < 1.29 is 4.74 Å². The van der Waals surface area contributed by atoms with Gasteiger partial charge in [0.15, 0.2) is 0 Å². The molecule has 0 amide bonds. The first-order chi connectivity index (χ1) is 8.38. The summed E-state index contributed by atoms with van der Waals surface area (Å²) in [7, 11) is 2.08. The van der Waals surface area contributed by atoms with Gasteiger partial charge in [-0.15, -0.1) is 11.8 Å². The molecule has 2 atom stereocenters. The van der Waals surface area contributed by atoms with Gasteiger partial charge in [-0.25, -0.2) is 0 Å². The second-order valence-corrected chi connectivity index (χ2v) is 6.38. The molecule has 2 unspecified atom stereocenters. The van der Waals surface area contributed by atoms with Gasteiger partial charge in [-0.3, -0.25) is 0 Å². The smallest absolute Gasteiger partial charge is 0.0608 e. The predicted molar refractivity (Wildman–Crippen MR) is 72.5 cm³/mol. The maximum Gasteiger partial charge on any atom is 0.0608 e. The van der Waals surface area contributed by atoms with Crippen molar-refractivity contribution in [1.82, 2.24) is 5.32 Å². The zero-order chi connectivity index (χ0) is 11.7. The molecule has 1 N–H and O–H groups in total. The standard InChI is InChI=1S/C14H19NOS/c1-15-14-12-5-3-2-4-10(12)6-7-13(14)17-11-8-16-9-11/h2-5,11,13-15H,6-9H2,1H3. The Balaban J connectivity index is 1.78. The minimum Gasteiger partial charge on any atom is -0.379 e. The molecule has 0 spiro atoms. The van der Waals surface area contributed by atoms with Gasteiger partial charge in [0.1, 0.15) is 0 Å². The molecule has 3 rings (SSSR count). The molecule has 1 aromatic rings. The lowest BCUT2D eigenvalue weighted by molar-refractivity contribution is 0.0451. The van der Waals surface area contributed by atoms with Crippen molar-refractivity contribution in [3.8, 4) is 0 Å². The van der Waals surface area contributed by atoms with Crippen molar-refractivity contribution in [2.75, 3.05) is 20.3 Å². The lowest BCUT2D eigenvalue weighted by Gasteiger charge is -2.37. The molecule has 0 saturated carbocycles. The number of benzene rings is 1. The normalized spacial score (nSPS) is 28.5. The van der Waals surface area contributed by atoms with Crippen LogP contribution in [-0.4, -0.2) is 30.8 Å². The number of hydrogen-bond acceptors (Lipinski definition) is 3. The summed E-state index contributed by atoms with van der Waals surface area (Å²) in [5, 5.41) is 4.92. The number of thioether (sulfide) groups is 1. The van der Waals surface area contributed by atoms with E-state index in [1.54, 1.807) is 0 Å². The summed E-state index contributed by atoms with van der Waals surface area (Å²) < 4.78 is 5.27. The van der Waals surface area contributed by atoms with Gasteiger partial charge in [0.25, 0.3) is 0 Å². The number of fused-ring (bicyclic) bond motifs is 1. The largest absolute Gasteiger partial charge is 0.379 e. The van der Waals surface area contributed by atoms with E-state index in [-0.39, 0.29) is 0 Å². The lowest BCUT2D eigenvalue weighted by Crippen LogP contribution is -2.38. The molecule has 1 heterocycles. The topological polar surface area (TPSA) is 21.3 Å². The summed E-state index contributed by atoms with van der Waals surface area (Å²) in [6.45, 7) is 1.89. The SMILES string of the molecule is CNC1c2ccccc2CCC1SC1COC1. The first kappa shape index (κ1) is 11.6. The monoisotopic (exact) mass is 249 g/mol. The summed E-state index contributed by atoms with van der Waals surface area (Å²) in [5.41, 5.74) is 3.02. The van der Waals surface area contributed by atoms with Crippen LogP contribution in [0.15, 0.2) is 24.3 Å². The maximum absolute atomic E-state index is 5.27. The Morgan fingerprint density at radius 1 is 1.29 bits per heavy atom. The van der Waals surface area contributed by atoms with E-state index in [4.69, 9.17) is 4.74 Å². The van der Waals surface area contributed by atoms with Crippen LogP contribution in [0.25, 0.3) is 0 Å². The highest BCUT2D eigenvalue weighted by molar-refractivity contribution is 8.00. The van der Waals surface area contributed by atoms with Crippen molar-refractivity contribution in [2.24, 2.45) is 0 Å². The van der Waals surface area contributed by atoms with Gasteiger partial charge >= 0.3 is 0 Å². The molecule has 1 fully saturated rings. The predicted octanol–water partition coefficient (Wildman–Crippen LogP) is 2.39. The highest BCUT2D eigenvalue weighted by Gasteiger charge is 2.32. The average Bonchev–Trinajstić information content (AvgIpc) is 2.33. The van der Waals surface area contributed by atoms with Crippen LogP contribution in [-0.2, 0) is 11.2 Å². The Hall–Kier alpha value is -0.510. The summed E-state index contributed by atoms with van der Waals surface area (Å²) in [6, 6.07) is 9.36. The third-order valence-electron chi connectivity index (χ3n) is 3.75. The molecule has 0 bridgehead atoms. The third-order valence-corrected chi connectivity index (χ3v) is 5.26. The lowest BCUT2D eigenvalue weighted by atomic mass is 9.87. The minimum absolute atomic E-state index is 0.505. The Kier molecular flexibility index (Phi) is 3.41. The summed E-state index contributed by atoms with van der Waals surface area (Å²) >= 11 is 2.12. The molecule has 1 saturated heterocycles. The number of ether oxygens (including phenoxy) is 1. The number of aryl methyl sites for hydroxylation is 1. The zero-order valence-electron chi connectivity index (χ0n) is 10.2. The molecule has 2 aliphatic rings. The van der Waals surface area contributed by atoms with Gasteiger partial charge in [-0.05, 0) is 31.0 Å². The van der Waals surface area contributed by atoms with Crippen LogP contribution in [0.2, 0.25) is 0 Å². The van der Waals surface area contributed by atoms with Gasteiger partial charge in [-0.2, -0.15) is 0 Å². The van der Waals surface area contributed by atoms with Gasteiger partial charge < -0.3 is 10.1 Å². The molecule has 1 aliphatic carbocycles. The minimum atomic E-state index is 0.505. The van der Waals surface area contributed by atoms with Crippen LogP contribution in [0.5, 0.6) is 0 Å². The average molecular weight is 249 g/mol. The maximum atomic E-state index is 5.27. The Morgan fingerprint density at radius 3 is 2.82 bits per heavy atom. The van der Waals surface area contributed by atoms with Crippen molar-refractivity contribution >= 4 is 11.8 Å². The molecule has 1 aromatic carbocycles. The van der Waals surface area contributed by atoms with Crippen LogP contribution >= 0.6 is 11.8 Å². The molecule has 0 aromatic heterocycles. The highest BCUT2D eigenvalue weighted by Crippen LogP contribution is 2.39. The number of nitrogens with one attached hydrogen (secondary N) is 1.